The van der Waals surface area contributed by atoms with E-state index in [9.17, 15) is 23.6 Å². The van der Waals surface area contributed by atoms with Crippen molar-refractivity contribution in [2.45, 2.75) is 0 Å². The maximum atomic E-state index is 13.4. The number of carbonyl (C=O) groups is 2. The van der Waals surface area contributed by atoms with E-state index < -0.39 is 34.5 Å². The molecule has 0 aliphatic carbocycles. The van der Waals surface area contributed by atoms with Crippen LogP contribution >= 0.6 is 0 Å². The van der Waals surface area contributed by atoms with E-state index in [1.54, 1.807) is 0 Å². The van der Waals surface area contributed by atoms with Crippen LogP contribution < -0.4 is 16.6 Å². The van der Waals surface area contributed by atoms with Gasteiger partial charge in [0.15, 0.2) is 0 Å². The molecule has 9 heteroatoms. The average Bonchev–Trinajstić information content (AvgIpc) is 2.37. The number of aromatic amines is 2. The van der Waals surface area contributed by atoms with Crippen molar-refractivity contribution in [1.82, 2.24) is 9.97 Å². The Labute approximate surface area is 115 Å². The van der Waals surface area contributed by atoms with Crippen LogP contribution in [-0.4, -0.2) is 27.0 Å². The molecule has 0 aliphatic heterocycles. The zero-order chi connectivity index (χ0) is 15.6. The van der Waals surface area contributed by atoms with Crippen LogP contribution in [0, 0.1) is 5.82 Å². The number of benzene rings is 1. The summed E-state index contributed by atoms with van der Waals surface area (Å²) in [6, 6.07) is 2.95. The van der Waals surface area contributed by atoms with Crippen LogP contribution in [0.1, 0.15) is 20.7 Å². The maximum Gasteiger partial charge on any atom is 0.338 e. The monoisotopic (exact) mass is 293 g/mol. The van der Waals surface area contributed by atoms with Crippen molar-refractivity contribution < 1.29 is 19.1 Å². The summed E-state index contributed by atoms with van der Waals surface area (Å²) in [6.07, 6.45) is 0.915. The Balaban J connectivity index is 2.28. The Bertz CT molecular complexity index is 839. The molecule has 0 unspecified atom stereocenters. The second-order valence-corrected chi connectivity index (χ2v) is 3.94. The van der Waals surface area contributed by atoms with Gasteiger partial charge in [-0.15, -0.1) is 0 Å². The predicted molar refractivity (Wildman–Crippen MR) is 69.0 cm³/mol. The fraction of sp³-hybridized carbons (Fsp3) is 0. The summed E-state index contributed by atoms with van der Waals surface area (Å²) >= 11 is 0. The summed E-state index contributed by atoms with van der Waals surface area (Å²) in [7, 11) is 0. The maximum absolute atomic E-state index is 13.4. The van der Waals surface area contributed by atoms with Gasteiger partial charge in [-0.3, -0.25) is 14.6 Å². The summed E-state index contributed by atoms with van der Waals surface area (Å²) in [5, 5.41) is 10.9. The first-order valence-electron chi connectivity index (χ1n) is 5.54. The number of anilines is 1. The first-order chi connectivity index (χ1) is 9.88. The zero-order valence-electron chi connectivity index (χ0n) is 10.3. The van der Waals surface area contributed by atoms with Crippen LogP contribution in [0.15, 0.2) is 34.0 Å². The van der Waals surface area contributed by atoms with Crippen LogP contribution in [0.25, 0.3) is 0 Å². The number of aromatic nitrogens is 2. The molecule has 1 aromatic heterocycles. The summed E-state index contributed by atoms with van der Waals surface area (Å²) in [5.74, 6) is -3.35. The number of hydrogen-bond acceptors (Lipinski definition) is 4. The van der Waals surface area contributed by atoms with Crippen LogP contribution in [0.5, 0.6) is 0 Å². The highest BCUT2D eigenvalue weighted by molar-refractivity contribution is 6.04. The van der Waals surface area contributed by atoms with Gasteiger partial charge < -0.3 is 15.4 Å². The molecular formula is C12H8FN3O5. The van der Waals surface area contributed by atoms with E-state index in [0.29, 0.717) is 0 Å². The highest BCUT2D eigenvalue weighted by Gasteiger charge is 2.14. The lowest BCUT2D eigenvalue weighted by molar-refractivity contribution is 0.0692. The Morgan fingerprint density at radius 2 is 1.90 bits per heavy atom. The molecule has 2 rings (SSSR count). The Kier molecular flexibility index (Phi) is 3.65. The average molecular weight is 293 g/mol. The molecule has 1 aromatic carbocycles. The van der Waals surface area contributed by atoms with Gasteiger partial charge >= 0.3 is 11.7 Å². The molecule has 0 fully saturated rings. The minimum Gasteiger partial charge on any atom is -0.478 e. The van der Waals surface area contributed by atoms with Crippen molar-refractivity contribution in [2.24, 2.45) is 0 Å². The van der Waals surface area contributed by atoms with Gasteiger partial charge in [0.2, 0.25) is 0 Å². The molecule has 0 atom stereocenters. The summed E-state index contributed by atoms with van der Waals surface area (Å²) in [6.45, 7) is 0. The number of rotatable bonds is 3. The summed E-state index contributed by atoms with van der Waals surface area (Å²) in [4.78, 5) is 48.6. The van der Waals surface area contributed by atoms with Crippen molar-refractivity contribution in [3.63, 3.8) is 0 Å². The van der Waals surface area contributed by atoms with E-state index >= 15 is 0 Å². The molecule has 8 nitrogen and oxygen atoms in total. The van der Waals surface area contributed by atoms with E-state index in [0.717, 1.165) is 18.3 Å². The largest absolute Gasteiger partial charge is 0.478 e. The minimum absolute atomic E-state index is 0.0342. The topological polar surface area (TPSA) is 132 Å². The normalized spacial score (nSPS) is 10.1. The quantitative estimate of drug-likeness (QED) is 0.639. The third kappa shape index (κ3) is 3.03. The van der Waals surface area contributed by atoms with Crippen molar-refractivity contribution >= 4 is 17.6 Å². The van der Waals surface area contributed by atoms with Crippen LogP contribution in [-0.2, 0) is 0 Å². The van der Waals surface area contributed by atoms with Crippen LogP contribution in [0.4, 0.5) is 10.1 Å². The second-order valence-electron chi connectivity index (χ2n) is 3.94. The number of carboxylic acid groups (broad SMARTS) is 1. The zero-order valence-corrected chi connectivity index (χ0v) is 10.3. The molecule has 1 heterocycles. The number of aromatic carboxylic acids is 1. The van der Waals surface area contributed by atoms with Crippen LogP contribution in [0.3, 0.4) is 0 Å². The molecule has 0 saturated carbocycles. The third-order valence-corrected chi connectivity index (χ3v) is 2.52. The highest BCUT2D eigenvalue weighted by atomic mass is 19.1. The molecular weight excluding hydrogens is 285 g/mol. The fourth-order valence-electron chi connectivity index (χ4n) is 1.54. The smallest absolute Gasteiger partial charge is 0.338 e. The molecule has 1 amide bonds. The van der Waals surface area contributed by atoms with Crippen molar-refractivity contribution in [2.75, 3.05) is 5.32 Å². The van der Waals surface area contributed by atoms with E-state index in [-0.39, 0.29) is 11.3 Å². The molecule has 0 spiro atoms. The molecule has 0 saturated heterocycles. The number of nitrogens with one attached hydrogen (secondary N) is 3. The van der Waals surface area contributed by atoms with E-state index in [2.05, 4.69) is 10.3 Å². The molecule has 4 N–H and O–H groups in total. The number of hydrogen-bond donors (Lipinski definition) is 4. The lowest BCUT2D eigenvalue weighted by Gasteiger charge is -2.05. The first kappa shape index (κ1) is 14.2. The van der Waals surface area contributed by atoms with Gasteiger partial charge in [0.1, 0.15) is 11.4 Å². The van der Waals surface area contributed by atoms with E-state index in [1.165, 1.54) is 6.07 Å². The van der Waals surface area contributed by atoms with Crippen molar-refractivity contribution in [3.8, 4) is 0 Å². The molecule has 0 aliphatic rings. The number of carboxylic acids is 1. The predicted octanol–water partition coefficient (Wildman–Crippen LogP) is 0.153. The van der Waals surface area contributed by atoms with Gasteiger partial charge in [-0.1, -0.05) is 0 Å². The van der Waals surface area contributed by atoms with E-state index in [1.807, 2.05) is 4.98 Å². The van der Waals surface area contributed by atoms with Crippen molar-refractivity contribution in [1.29, 1.82) is 0 Å². The SMILES string of the molecule is O=C(O)c1ccc(NC(=O)c2c[nH]c(=O)[nH]c2=O)cc1F. The lowest BCUT2D eigenvalue weighted by Crippen LogP contribution is -2.29. The van der Waals surface area contributed by atoms with Gasteiger partial charge in [0.25, 0.3) is 11.5 Å². The molecule has 0 bridgehead atoms. The number of halogens is 1. The van der Waals surface area contributed by atoms with Gasteiger partial charge in [-0.2, -0.15) is 0 Å². The first-order valence-corrected chi connectivity index (χ1v) is 5.54. The van der Waals surface area contributed by atoms with Gasteiger partial charge in [0, 0.05) is 11.9 Å². The highest BCUT2D eigenvalue weighted by Crippen LogP contribution is 2.15. The Morgan fingerprint density at radius 1 is 1.19 bits per heavy atom. The van der Waals surface area contributed by atoms with Gasteiger partial charge in [0.05, 0.1) is 5.56 Å². The van der Waals surface area contributed by atoms with Crippen molar-refractivity contribution in [3.05, 3.63) is 62.2 Å². The second kappa shape index (κ2) is 5.41. The molecule has 108 valence electrons. The standard InChI is InChI=1S/C12H8FN3O5/c13-8-3-5(1-2-6(8)11(19)20)15-9(17)7-4-14-12(21)16-10(7)18/h1-4H,(H,15,17)(H,19,20)(H2,14,16,18,21). The lowest BCUT2D eigenvalue weighted by atomic mass is 10.2. The Hall–Kier alpha value is -3.23. The van der Waals surface area contributed by atoms with Gasteiger partial charge in [-0.25, -0.2) is 14.0 Å². The Morgan fingerprint density at radius 3 is 2.48 bits per heavy atom. The number of carbonyl (C=O) groups excluding carboxylic acids is 1. The number of H-pyrrole nitrogens is 2. The molecule has 2 aromatic rings. The van der Waals surface area contributed by atoms with E-state index in [4.69, 9.17) is 5.11 Å². The molecule has 0 radical (unpaired) electrons. The van der Waals surface area contributed by atoms with Crippen LogP contribution in [0.2, 0.25) is 0 Å². The number of amides is 1. The fourth-order valence-corrected chi connectivity index (χ4v) is 1.54. The van der Waals surface area contributed by atoms with Gasteiger partial charge in [-0.05, 0) is 18.2 Å². The summed E-state index contributed by atoms with van der Waals surface area (Å²) in [5.41, 5.74) is -2.63. The third-order valence-electron chi connectivity index (χ3n) is 2.52. The summed E-state index contributed by atoms with van der Waals surface area (Å²) < 4.78 is 13.4. The molecule has 21 heavy (non-hydrogen) atoms. The minimum atomic E-state index is -1.44.